The molecule has 0 spiro atoms. The second-order valence-electron chi connectivity index (χ2n) is 7.46. The number of ether oxygens (including phenoxy) is 3. The van der Waals surface area contributed by atoms with Crippen molar-refractivity contribution in [3.8, 4) is 17.2 Å². The van der Waals surface area contributed by atoms with Crippen LogP contribution in [0.15, 0.2) is 42.5 Å². The monoisotopic (exact) mass is 488 g/mol. The predicted molar refractivity (Wildman–Crippen MR) is 124 cm³/mol. The Bertz CT molecular complexity index is 1050. The highest BCUT2D eigenvalue weighted by Crippen LogP contribution is 2.28. The molecule has 0 saturated carbocycles. The van der Waals surface area contributed by atoms with Gasteiger partial charge in [-0.25, -0.2) is 9.59 Å². The lowest BCUT2D eigenvalue weighted by Gasteiger charge is -2.34. The first-order valence-electron chi connectivity index (χ1n) is 10.6. The molecule has 1 aliphatic heterocycles. The second kappa shape index (κ2) is 12.8. The maximum Gasteiger partial charge on any atom is 0.414 e. The zero-order chi connectivity index (χ0) is 26.0. The van der Waals surface area contributed by atoms with E-state index >= 15 is 0 Å². The molecule has 35 heavy (non-hydrogen) atoms. The van der Waals surface area contributed by atoms with Crippen LogP contribution in [0.25, 0.3) is 0 Å². The van der Waals surface area contributed by atoms with Gasteiger partial charge >= 0.3 is 11.9 Å². The number of aliphatic carboxylic acids is 2. The number of benzene rings is 2. The number of hydrogen-bond donors (Lipinski definition) is 2. The summed E-state index contributed by atoms with van der Waals surface area (Å²) in [7, 11) is 3.09. The summed E-state index contributed by atoms with van der Waals surface area (Å²) in [6.07, 6.45) is 0. The fourth-order valence-corrected chi connectivity index (χ4v) is 3.25. The van der Waals surface area contributed by atoms with Crippen LogP contribution >= 0.6 is 0 Å². The molecule has 11 heteroatoms. The lowest BCUT2D eigenvalue weighted by Crippen LogP contribution is -2.51. The minimum atomic E-state index is -1.82. The van der Waals surface area contributed by atoms with E-state index in [-0.39, 0.29) is 18.4 Å². The molecule has 0 aromatic heterocycles. The molecular weight excluding hydrogens is 460 g/mol. The van der Waals surface area contributed by atoms with Crippen molar-refractivity contribution in [2.24, 2.45) is 0 Å². The summed E-state index contributed by atoms with van der Waals surface area (Å²) < 4.78 is 16.1. The third kappa shape index (κ3) is 7.91. The second-order valence-corrected chi connectivity index (χ2v) is 7.46. The Hall–Kier alpha value is -4.28. The van der Waals surface area contributed by atoms with Crippen molar-refractivity contribution in [1.29, 1.82) is 0 Å². The van der Waals surface area contributed by atoms with Gasteiger partial charge in [0.1, 0.15) is 5.75 Å². The van der Waals surface area contributed by atoms with Crippen molar-refractivity contribution < 1.29 is 43.6 Å². The number of rotatable bonds is 6. The first-order chi connectivity index (χ1) is 16.7. The summed E-state index contributed by atoms with van der Waals surface area (Å²) in [5, 5.41) is 14.8. The number of carboxylic acid groups (broad SMARTS) is 2. The molecule has 1 fully saturated rings. The largest absolute Gasteiger partial charge is 0.493 e. The van der Waals surface area contributed by atoms with Crippen molar-refractivity contribution in [2.75, 3.05) is 47.0 Å². The van der Waals surface area contributed by atoms with Crippen LogP contribution in [-0.4, -0.2) is 90.8 Å². The van der Waals surface area contributed by atoms with Gasteiger partial charge in [0.2, 0.25) is 0 Å². The zero-order valence-corrected chi connectivity index (χ0v) is 19.7. The number of carbonyl (C=O) groups is 4. The normalized spacial score (nSPS) is 12.7. The van der Waals surface area contributed by atoms with E-state index in [9.17, 15) is 9.59 Å². The van der Waals surface area contributed by atoms with Crippen LogP contribution in [0.1, 0.15) is 15.9 Å². The third-order valence-electron chi connectivity index (χ3n) is 5.08. The molecule has 1 saturated heterocycles. The number of nitrogens with zero attached hydrogens (tertiary/aromatic N) is 2. The standard InChI is InChI=1S/C22H26N2O5.C2H2O4/c1-16-5-4-6-18(13-16)29-15-21(25)23-9-11-24(12-10-23)22(26)17-7-8-19(27-2)20(14-17)28-3;3-1(4)2(5)6/h4-8,13-14H,9-12,15H2,1-3H3;(H,3,4)(H,5,6). The highest BCUT2D eigenvalue weighted by molar-refractivity contribution is 6.27. The van der Waals surface area contributed by atoms with Crippen LogP contribution in [0.2, 0.25) is 0 Å². The maximum absolute atomic E-state index is 12.8. The fraction of sp³-hybridized carbons (Fsp3) is 0.333. The Balaban J connectivity index is 0.000000641. The Kier molecular flexibility index (Phi) is 9.88. The third-order valence-corrected chi connectivity index (χ3v) is 5.08. The van der Waals surface area contributed by atoms with Gasteiger partial charge in [-0.05, 0) is 42.8 Å². The van der Waals surface area contributed by atoms with Gasteiger partial charge in [0.25, 0.3) is 11.8 Å². The Morgan fingerprint density at radius 1 is 0.829 bits per heavy atom. The van der Waals surface area contributed by atoms with Gasteiger partial charge in [0.15, 0.2) is 18.1 Å². The van der Waals surface area contributed by atoms with Gasteiger partial charge in [-0.2, -0.15) is 0 Å². The Morgan fingerprint density at radius 3 is 1.97 bits per heavy atom. The number of piperazine rings is 1. The number of hydrogen-bond acceptors (Lipinski definition) is 7. The molecule has 0 unspecified atom stereocenters. The van der Waals surface area contributed by atoms with Crippen LogP contribution in [-0.2, 0) is 14.4 Å². The Labute approximate surface area is 202 Å². The molecule has 2 aromatic carbocycles. The first kappa shape index (κ1) is 27.0. The molecule has 11 nitrogen and oxygen atoms in total. The summed E-state index contributed by atoms with van der Waals surface area (Å²) in [6.45, 7) is 3.88. The molecule has 2 N–H and O–H groups in total. The number of aryl methyl sites for hydroxylation is 1. The van der Waals surface area contributed by atoms with Crippen molar-refractivity contribution in [3.63, 3.8) is 0 Å². The summed E-state index contributed by atoms with van der Waals surface area (Å²) in [5.74, 6) is -2.04. The van der Waals surface area contributed by atoms with Crippen molar-refractivity contribution in [2.45, 2.75) is 6.92 Å². The predicted octanol–water partition coefficient (Wildman–Crippen LogP) is 1.53. The molecule has 1 aliphatic rings. The minimum Gasteiger partial charge on any atom is -0.493 e. The quantitative estimate of drug-likeness (QED) is 0.579. The zero-order valence-electron chi connectivity index (χ0n) is 19.7. The highest BCUT2D eigenvalue weighted by Gasteiger charge is 2.25. The average molecular weight is 488 g/mol. The Morgan fingerprint density at radius 2 is 1.43 bits per heavy atom. The fourth-order valence-electron chi connectivity index (χ4n) is 3.25. The minimum absolute atomic E-state index is 0.00687. The smallest absolute Gasteiger partial charge is 0.414 e. The maximum atomic E-state index is 12.8. The van der Waals surface area contributed by atoms with Crippen LogP contribution < -0.4 is 14.2 Å². The first-order valence-corrected chi connectivity index (χ1v) is 10.6. The molecule has 0 radical (unpaired) electrons. The van der Waals surface area contributed by atoms with E-state index in [1.54, 1.807) is 35.1 Å². The van der Waals surface area contributed by atoms with Gasteiger partial charge in [-0.1, -0.05) is 12.1 Å². The number of amides is 2. The molecular formula is C24H28N2O9. The van der Waals surface area contributed by atoms with Gasteiger partial charge in [-0.3, -0.25) is 9.59 Å². The lowest BCUT2D eigenvalue weighted by atomic mass is 10.1. The molecule has 0 aliphatic carbocycles. The SMILES string of the molecule is COc1ccc(C(=O)N2CCN(C(=O)COc3cccc(C)c3)CC2)cc1OC.O=C(O)C(=O)O. The van der Waals surface area contributed by atoms with Gasteiger partial charge in [-0.15, -0.1) is 0 Å². The van der Waals surface area contributed by atoms with E-state index < -0.39 is 11.9 Å². The van der Waals surface area contributed by atoms with Gasteiger partial charge in [0.05, 0.1) is 14.2 Å². The average Bonchev–Trinajstić information content (AvgIpc) is 2.86. The summed E-state index contributed by atoms with van der Waals surface area (Å²) in [6, 6.07) is 12.7. The van der Waals surface area contributed by atoms with Gasteiger partial charge in [0, 0.05) is 31.7 Å². The molecule has 188 valence electrons. The van der Waals surface area contributed by atoms with Crippen molar-refractivity contribution >= 4 is 23.8 Å². The van der Waals surface area contributed by atoms with Crippen molar-refractivity contribution in [1.82, 2.24) is 9.80 Å². The topological polar surface area (TPSA) is 143 Å². The highest BCUT2D eigenvalue weighted by atomic mass is 16.5. The van der Waals surface area contributed by atoms with E-state index in [0.717, 1.165) is 5.56 Å². The molecule has 0 bridgehead atoms. The van der Waals surface area contributed by atoms with E-state index in [2.05, 4.69) is 0 Å². The van der Waals surface area contributed by atoms with Crippen LogP contribution in [0, 0.1) is 6.92 Å². The summed E-state index contributed by atoms with van der Waals surface area (Å²) in [5.41, 5.74) is 1.61. The van der Waals surface area contributed by atoms with Gasteiger partial charge < -0.3 is 34.2 Å². The number of carbonyl (C=O) groups excluding carboxylic acids is 2. The van der Waals surface area contributed by atoms with Crippen LogP contribution in [0.5, 0.6) is 17.2 Å². The van der Waals surface area contributed by atoms with E-state index in [1.165, 1.54) is 7.11 Å². The van der Waals surface area contributed by atoms with E-state index in [1.807, 2.05) is 31.2 Å². The molecule has 2 amide bonds. The number of carboxylic acids is 2. The summed E-state index contributed by atoms with van der Waals surface area (Å²) in [4.78, 5) is 46.9. The molecule has 0 atom stereocenters. The lowest BCUT2D eigenvalue weighted by molar-refractivity contribution is -0.159. The van der Waals surface area contributed by atoms with E-state index in [4.69, 9.17) is 34.0 Å². The van der Waals surface area contributed by atoms with Crippen LogP contribution in [0.4, 0.5) is 0 Å². The van der Waals surface area contributed by atoms with Crippen molar-refractivity contribution in [3.05, 3.63) is 53.6 Å². The summed E-state index contributed by atoms with van der Waals surface area (Å²) >= 11 is 0. The number of methoxy groups -OCH3 is 2. The van der Waals surface area contributed by atoms with Crippen LogP contribution in [0.3, 0.4) is 0 Å². The van der Waals surface area contributed by atoms with E-state index in [0.29, 0.717) is 49.0 Å². The molecule has 1 heterocycles. The molecule has 2 aromatic rings. The molecule has 3 rings (SSSR count).